The third-order valence-corrected chi connectivity index (χ3v) is 2.25. The third-order valence-electron chi connectivity index (χ3n) is 2.25. The van der Waals surface area contributed by atoms with Gasteiger partial charge in [-0.25, -0.2) is 4.39 Å². The minimum Gasteiger partial charge on any atom is -0.508 e. The lowest BCUT2D eigenvalue weighted by Gasteiger charge is -1.96. The van der Waals surface area contributed by atoms with Crippen molar-refractivity contribution in [3.05, 3.63) is 65.5 Å². The summed E-state index contributed by atoms with van der Waals surface area (Å²) in [7, 11) is 0. The highest BCUT2D eigenvalue weighted by molar-refractivity contribution is 5.69. The standard InChI is InChI=1S/C14H11FO/c15-14-4-2-1-3-12(14)8-5-11-6-9-13(16)10-7-11/h1-10,16H/b8-5+. The average Bonchev–Trinajstić information content (AvgIpc) is 2.30. The number of phenols is 1. The molecule has 0 spiro atoms. The van der Waals surface area contributed by atoms with E-state index in [1.54, 1.807) is 54.6 Å². The van der Waals surface area contributed by atoms with Gasteiger partial charge in [0, 0.05) is 5.56 Å². The molecule has 2 heteroatoms. The van der Waals surface area contributed by atoms with Gasteiger partial charge in [-0.1, -0.05) is 42.5 Å². The van der Waals surface area contributed by atoms with Gasteiger partial charge in [-0.2, -0.15) is 0 Å². The summed E-state index contributed by atoms with van der Waals surface area (Å²) >= 11 is 0. The number of hydrogen-bond donors (Lipinski definition) is 1. The first-order valence-electron chi connectivity index (χ1n) is 4.97. The molecule has 0 saturated heterocycles. The maximum Gasteiger partial charge on any atom is 0.130 e. The number of aromatic hydroxyl groups is 1. The fourth-order valence-corrected chi connectivity index (χ4v) is 1.38. The lowest BCUT2D eigenvalue weighted by atomic mass is 10.1. The van der Waals surface area contributed by atoms with Crippen LogP contribution in [0, 0.1) is 5.82 Å². The van der Waals surface area contributed by atoms with Gasteiger partial charge >= 0.3 is 0 Å². The zero-order valence-corrected chi connectivity index (χ0v) is 8.60. The number of halogens is 1. The molecule has 1 nitrogen and oxygen atoms in total. The summed E-state index contributed by atoms with van der Waals surface area (Å²) in [5.74, 6) is -0.0134. The Bertz CT molecular complexity index is 500. The zero-order valence-electron chi connectivity index (χ0n) is 8.60. The quantitative estimate of drug-likeness (QED) is 0.756. The van der Waals surface area contributed by atoms with Crippen molar-refractivity contribution >= 4 is 12.2 Å². The zero-order chi connectivity index (χ0) is 11.4. The molecule has 0 heterocycles. The molecular weight excluding hydrogens is 203 g/mol. The van der Waals surface area contributed by atoms with Gasteiger partial charge in [0.25, 0.3) is 0 Å². The molecule has 0 unspecified atom stereocenters. The van der Waals surface area contributed by atoms with Crippen molar-refractivity contribution in [2.45, 2.75) is 0 Å². The van der Waals surface area contributed by atoms with Gasteiger partial charge in [-0.3, -0.25) is 0 Å². The molecule has 2 rings (SSSR count). The van der Waals surface area contributed by atoms with E-state index in [0.717, 1.165) is 5.56 Å². The van der Waals surface area contributed by atoms with Crippen LogP contribution in [0.2, 0.25) is 0 Å². The Hall–Kier alpha value is -2.09. The van der Waals surface area contributed by atoms with Crippen molar-refractivity contribution in [1.82, 2.24) is 0 Å². The lowest BCUT2D eigenvalue weighted by molar-refractivity contribution is 0.475. The Kier molecular flexibility index (Phi) is 3.01. The van der Waals surface area contributed by atoms with E-state index >= 15 is 0 Å². The Morgan fingerprint density at radius 3 is 2.25 bits per heavy atom. The van der Waals surface area contributed by atoms with Crippen molar-refractivity contribution in [1.29, 1.82) is 0 Å². The van der Waals surface area contributed by atoms with Gasteiger partial charge in [0.1, 0.15) is 11.6 Å². The van der Waals surface area contributed by atoms with E-state index in [4.69, 9.17) is 5.11 Å². The van der Waals surface area contributed by atoms with Gasteiger partial charge in [-0.05, 0) is 23.8 Å². The van der Waals surface area contributed by atoms with Crippen LogP contribution < -0.4 is 0 Å². The second-order valence-corrected chi connectivity index (χ2v) is 3.45. The first-order valence-corrected chi connectivity index (χ1v) is 4.97. The highest BCUT2D eigenvalue weighted by Crippen LogP contribution is 2.14. The van der Waals surface area contributed by atoms with Crippen LogP contribution in [0.25, 0.3) is 12.2 Å². The number of hydrogen-bond acceptors (Lipinski definition) is 1. The normalized spacial score (nSPS) is 10.8. The summed E-state index contributed by atoms with van der Waals surface area (Å²) < 4.78 is 13.3. The fourth-order valence-electron chi connectivity index (χ4n) is 1.38. The molecule has 0 atom stereocenters. The molecule has 0 radical (unpaired) electrons. The molecule has 1 N–H and O–H groups in total. The van der Waals surface area contributed by atoms with E-state index in [9.17, 15) is 4.39 Å². The predicted octanol–water partition coefficient (Wildman–Crippen LogP) is 3.70. The highest BCUT2D eigenvalue weighted by atomic mass is 19.1. The van der Waals surface area contributed by atoms with Gasteiger partial charge in [0.05, 0.1) is 0 Å². The summed E-state index contributed by atoms with van der Waals surface area (Å²) in [6.07, 6.45) is 3.51. The topological polar surface area (TPSA) is 20.2 Å². The van der Waals surface area contributed by atoms with E-state index in [-0.39, 0.29) is 11.6 Å². The SMILES string of the molecule is Oc1ccc(/C=C/c2ccccc2F)cc1. The summed E-state index contributed by atoms with van der Waals surface area (Å²) in [4.78, 5) is 0. The van der Waals surface area contributed by atoms with Gasteiger partial charge in [0.15, 0.2) is 0 Å². The van der Waals surface area contributed by atoms with Crippen LogP contribution in [0.5, 0.6) is 5.75 Å². The van der Waals surface area contributed by atoms with Crippen molar-refractivity contribution in [2.24, 2.45) is 0 Å². The van der Waals surface area contributed by atoms with Crippen LogP contribution in [0.1, 0.15) is 11.1 Å². The maximum atomic E-state index is 13.3. The van der Waals surface area contributed by atoms with Gasteiger partial charge in [-0.15, -0.1) is 0 Å². The monoisotopic (exact) mass is 214 g/mol. The van der Waals surface area contributed by atoms with Crippen molar-refractivity contribution in [3.8, 4) is 5.75 Å². The molecule has 0 bridgehead atoms. The second kappa shape index (κ2) is 4.62. The molecule has 0 aliphatic carbocycles. The first-order chi connectivity index (χ1) is 7.75. The number of phenolic OH excluding ortho intramolecular Hbond substituents is 1. The molecule has 0 saturated carbocycles. The minimum atomic E-state index is -0.238. The Balaban J connectivity index is 2.21. The smallest absolute Gasteiger partial charge is 0.130 e. The minimum absolute atomic E-state index is 0.225. The van der Waals surface area contributed by atoms with Crippen molar-refractivity contribution in [3.63, 3.8) is 0 Å². The van der Waals surface area contributed by atoms with Crippen LogP contribution in [-0.4, -0.2) is 5.11 Å². The predicted molar refractivity (Wildman–Crippen MR) is 63.4 cm³/mol. The van der Waals surface area contributed by atoms with E-state index in [1.807, 2.05) is 0 Å². The Labute approximate surface area is 93.5 Å². The van der Waals surface area contributed by atoms with E-state index in [2.05, 4.69) is 0 Å². The molecule has 2 aromatic rings. The van der Waals surface area contributed by atoms with E-state index in [0.29, 0.717) is 5.56 Å². The summed E-state index contributed by atoms with van der Waals surface area (Å²) in [6, 6.07) is 13.3. The van der Waals surface area contributed by atoms with Crippen LogP contribution in [0.3, 0.4) is 0 Å². The largest absolute Gasteiger partial charge is 0.508 e. The number of benzene rings is 2. The van der Waals surface area contributed by atoms with Gasteiger partial charge in [0.2, 0.25) is 0 Å². The summed E-state index contributed by atoms with van der Waals surface area (Å²) in [5.41, 5.74) is 1.47. The van der Waals surface area contributed by atoms with Crippen LogP contribution in [0.4, 0.5) is 4.39 Å². The van der Waals surface area contributed by atoms with Crippen LogP contribution in [0.15, 0.2) is 48.5 Å². The third kappa shape index (κ3) is 2.48. The van der Waals surface area contributed by atoms with Crippen molar-refractivity contribution < 1.29 is 9.50 Å². The van der Waals surface area contributed by atoms with Gasteiger partial charge < -0.3 is 5.11 Å². The first kappa shape index (κ1) is 10.4. The maximum absolute atomic E-state index is 13.3. The molecule has 80 valence electrons. The molecular formula is C14H11FO. The molecule has 16 heavy (non-hydrogen) atoms. The molecule has 0 aliphatic rings. The lowest BCUT2D eigenvalue weighted by Crippen LogP contribution is -1.79. The van der Waals surface area contributed by atoms with Crippen LogP contribution in [-0.2, 0) is 0 Å². The average molecular weight is 214 g/mol. The highest BCUT2D eigenvalue weighted by Gasteiger charge is 1.95. The molecule has 0 aliphatic heterocycles. The van der Waals surface area contributed by atoms with Crippen LogP contribution >= 0.6 is 0 Å². The fraction of sp³-hybridized carbons (Fsp3) is 0. The Morgan fingerprint density at radius 1 is 0.875 bits per heavy atom. The summed E-state index contributed by atoms with van der Waals surface area (Å²) in [5, 5.41) is 9.10. The summed E-state index contributed by atoms with van der Waals surface area (Å²) in [6.45, 7) is 0. The molecule has 0 aromatic heterocycles. The molecule has 0 fully saturated rings. The van der Waals surface area contributed by atoms with Crippen molar-refractivity contribution in [2.75, 3.05) is 0 Å². The molecule has 0 amide bonds. The Morgan fingerprint density at radius 2 is 1.56 bits per heavy atom. The molecule has 2 aromatic carbocycles. The van der Waals surface area contributed by atoms with E-state index < -0.39 is 0 Å². The van der Waals surface area contributed by atoms with E-state index in [1.165, 1.54) is 6.07 Å². The number of rotatable bonds is 2. The second-order valence-electron chi connectivity index (χ2n) is 3.45.